The average Bonchev–Trinajstić information content (AvgIpc) is 3.14. The fraction of sp³-hybridized carbons (Fsp3) is 0.0870. The van der Waals surface area contributed by atoms with E-state index in [1.54, 1.807) is 13.1 Å². The van der Waals surface area contributed by atoms with Gasteiger partial charge in [-0.15, -0.1) is 11.3 Å². The number of nitrogens with one attached hydrogen (secondary N) is 2. The van der Waals surface area contributed by atoms with Gasteiger partial charge in [0.25, 0.3) is 11.5 Å². The second-order valence-corrected chi connectivity index (χ2v) is 7.56. The fourth-order valence-electron chi connectivity index (χ4n) is 3.12. The summed E-state index contributed by atoms with van der Waals surface area (Å²) in [5, 5.41) is 3.46. The van der Waals surface area contributed by atoms with Crippen molar-refractivity contribution >= 4 is 17.2 Å². The van der Waals surface area contributed by atoms with Gasteiger partial charge >= 0.3 is 0 Å². The molecule has 0 atom stereocenters. The van der Waals surface area contributed by atoms with Crippen LogP contribution in [0.2, 0.25) is 0 Å². The molecule has 5 nitrogen and oxygen atoms in total. The zero-order valence-corrected chi connectivity index (χ0v) is 16.6. The van der Waals surface area contributed by atoms with Gasteiger partial charge in [0.05, 0.1) is 11.3 Å². The third-order valence-corrected chi connectivity index (χ3v) is 5.73. The van der Waals surface area contributed by atoms with E-state index in [4.69, 9.17) is 0 Å². The van der Waals surface area contributed by atoms with Crippen LogP contribution in [-0.4, -0.2) is 15.9 Å². The van der Waals surface area contributed by atoms with Crippen LogP contribution in [-0.2, 0) is 6.54 Å². The Balaban J connectivity index is 1.67. The highest BCUT2D eigenvalue weighted by atomic mass is 32.1. The minimum absolute atomic E-state index is 0.191. The van der Waals surface area contributed by atoms with E-state index in [9.17, 15) is 9.59 Å². The number of carbonyl (C=O) groups is 1. The summed E-state index contributed by atoms with van der Waals surface area (Å²) in [4.78, 5) is 33.1. The molecule has 2 aromatic heterocycles. The van der Waals surface area contributed by atoms with Crippen molar-refractivity contribution in [2.75, 3.05) is 0 Å². The zero-order chi connectivity index (χ0) is 20.2. The fourth-order valence-corrected chi connectivity index (χ4v) is 4.16. The maximum Gasteiger partial charge on any atom is 0.263 e. The van der Waals surface area contributed by atoms with E-state index in [1.807, 2.05) is 66.7 Å². The zero-order valence-electron chi connectivity index (χ0n) is 15.8. The van der Waals surface area contributed by atoms with Crippen molar-refractivity contribution in [2.24, 2.45) is 0 Å². The van der Waals surface area contributed by atoms with Crippen molar-refractivity contribution in [3.63, 3.8) is 0 Å². The first kappa shape index (κ1) is 18.8. The summed E-state index contributed by atoms with van der Waals surface area (Å²) in [6.45, 7) is 2.23. The Bertz CT molecular complexity index is 1200. The second kappa shape index (κ2) is 8.24. The van der Waals surface area contributed by atoms with Crippen LogP contribution >= 0.6 is 11.3 Å². The standard InChI is InChI=1S/C23H19N3O2S/c1-15-20(22(28)25-14-16-8-4-2-5-9-16)29-23(26-15)19-18(12-13-24-21(19)27)17-10-6-3-7-11-17/h2-13H,14H2,1H3,(H,24,27)(H,25,28). The largest absolute Gasteiger partial charge is 0.347 e. The second-order valence-electron chi connectivity index (χ2n) is 6.56. The molecule has 1 amide bonds. The van der Waals surface area contributed by atoms with Crippen LogP contribution in [0.25, 0.3) is 21.7 Å². The molecule has 0 aliphatic heterocycles. The molecule has 0 saturated carbocycles. The molecule has 29 heavy (non-hydrogen) atoms. The molecule has 144 valence electrons. The summed E-state index contributed by atoms with van der Waals surface area (Å²) in [7, 11) is 0. The van der Waals surface area contributed by atoms with E-state index in [2.05, 4.69) is 15.3 Å². The normalized spacial score (nSPS) is 10.7. The number of aromatic nitrogens is 2. The number of carbonyl (C=O) groups excluding carboxylic acids is 1. The number of amides is 1. The Morgan fingerprint density at radius 1 is 1.03 bits per heavy atom. The van der Waals surface area contributed by atoms with Gasteiger partial charge in [-0.05, 0) is 29.7 Å². The van der Waals surface area contributed by atoms with Gasteiger partial charge in [-0.25, -0.2) is 4.98 Å². The van der Waals surface area contributed by atoms with Gasteiger partial charge in [-0.3, -0.25) is 9.59 Å². The predicted molar refractivity (Wildman–Crippen MR) is 116 cm³/mol. The number of H-pyrrole nitrogens is 1. The number of nitrogens with zero attached hydrogens (tertiary/aromatic N) is 1. The smallest absolute Gasteiger partial charge is 0.263 e. The lowest BCUT2D eigenvalue weighted by Crippen LogP contribution is -2.22. The summed E-state index contributed by atoms with van der Waals surface area (Å²) in [5.74, 6) is -0.191. The SMILES string of the molecule is Cc1nc(-c2c(-c3ccccc3)cc[nH]c2=O)sc1C(=O)NCc1ccccc1. The van der Waals surface area contributed by atoms with E-state index < -0.39 is 0 Å². The Morgan fingerprint density at radius 3 is 2.45 bits per heavy atom. The van der Waals surface area contributed by atoms with Gasteiger partial charge in [0.15, 0.2) is 0 Å². The van der Waals surface area contributed by atoms with Crippen LogP contribution < -0.4 is 10.9 Å². The van der Waals surface area contributed by atoms with Crippen molar-refractivity contribution in [3.8, 4) is 21.7 Å². The third kappa shape index (κ3) is 4.02. The number of aromatic amines is 1. The summed E-state index contributed by atoms with van der Waals surface area (Å²) < 4.78 is 0. The van der Waals surface area contributed by atoms with E-state index in [0.29, 0.717) is 27.7 Å². The summed E-state index contributed by atoms with van der Waals surface area (Å²) in [5.41, 5.74) is 3.60. The molecule has 4 aromatic rings. The molecule has 2 N–H and O–H groups in total. The number of thiazole rings is 1. The van der Waals surface area contributed by atoms with Gasteiger partial charge in [0, 0.05) is 12.7 Å². The highest BCUT2D eigenvalue weighted by molar-refractivity contribution is 7.17. The van der Waals surface area contributed by atoms with E-state index in [1.165, 1.54) is 11.3 Å². The Hall–Kier alpha value is -3.51. The average molecular weight is 401 g/mol. The molecule has 0 fully saturated rings. The molecular formula is C23H19N3O2S. The van der Waals surface area contributed by atoms with Crippen LogP contribution in [0.4, 0.5) is 0 Å². The topological polar surface area (TPSA) is 74.8 Å². The molecule has 0 saturated heterocycles. The molecule has 2 aromatic carbocycles. The molecule has 2 heterocycles. The maximum atomic E-state index is 12.7. The summed E-state index contributed by atoms with van der Waals surface area (Å²) in [6.07, 6.45) is 1.63. The number of pyridine rings is 1. The first-order valence-electron chi connectivity index (χ1n) is 9.20. The van der Waals surface area contributed by atoms with Crippen molar-refractivity contribution in [2.45, 2.75) is 13.5 Å². The lowest BCUT2D eigenvalue weighted by Gasteiger charge is -2.06. The molecule has 6 heteroatoms. The summed E-state index contributed by atoms with van der Waals surface area (Å²) in [6, 6.07) is 21.3. The number of benzene rings is 2. The Kier molecular flexibility index (Phi) is 5.35. The molecular weight excluding hydrogens is 382 g/mol. The Morgan fingerprint density at radius 2 is 1.72 bits per heavy atom. The number of hydrogen-bond donors (Lipinski definition) is 2. The molecule has 0 aliphatic carbocycles. The Labute approximate surface area is 172 Å². The third-order valence-electron chi connectivity index (χ3n) is 4.56. The minimum Gasteiger partial charge on any atom is -0.347 e. The van der Waals surface area contributed by atoms with Crippen molar-refractivity contribution in [1.29, 1.82) is 0 Å². The quantitative estimate of drug-likeness (QED) is 0.520. The van der Waals surface area contributed by atoms with Crippen LogP contribution in [0, 0.1) is 6.92 Å². The van der Waals surface area contributed by atoms with Crippen LogP contribution in [0.5, 0.6) is 0 Å². The van der Waals surface area contributed by atoms with Gasteiger partial charge < -0.3 is 10.3 Å². The van der Waals surface area contributed by atoms with Gasteiger partial charge in [-0.2, -0.15) is 0 Å². The van der Waals surface area contributed by atoms with Crippen LogP contribution in [0.15, 0.2) is 77.7 Å². The minimum atomic E-state index is -0.226. The van der Waals surface area contributed by atoms with Crippen molar-refractivity contribution in [1.82, 2.24) is 15.3 Å². The maximum absolute atomic E-state index is 12.7. The van der Waals surface area contributed by atoms with Gasteiger partial charge in [0.2, 0.25) is 0 Å². The van der Waals surface area contributed by atoms with Gasteiger partial charge in [0.1, 0.15) is 9.88 Å². The highest BCUT2D eigenvalue weighted by Crippen LogP contribution is 2.33. The number of hydrogen-bond acceptors (Lipinski definition) is 4. The molecule has 0 radical (unpaired) electrons. The molecule has 0 spiro atoms. The number of rotatable bonds is 5. The van der Waals surface area contributed by atoms with Crippen molar-refractivity contribution < 1.29 is 4.79 Å². The lowest BCUT2D eigenvalue weighted by atomic mass is 10.0. The van der Waals surface area contributed by atoms with E-state index >= 15 is 0 Å². The van der Waals surface area contributed by atoms with Crippen LogP contribution in [0.3, 0.4) is 0 Å². The first-order chi connectivity index (χ1) is 14.1. The van der Waals surface area contributed by atoms with Crippen LogP contribution in [0.1, 0.15) is 20.9 Å². The van der Waals surface area contributed by atoms with Gasteiger partial charge in [-0.1, -0.05) is 60.7 Å². The molecule has 4 rings (SSSR count). The lowest BCUT2D eigenvalue weighted by molar-refractivity contribution is 0.0954. The highest BCUT2D eigenvalue weighted by Gasteiger charge is 2.20. The molecule has 0 aliphatic rings. The monoisotopic (exact) mass is 401 g/mol. The predicted octanol–water partition coefficient (Wildman–Crippen LogP) is 4.40. The van der Waals surface area contributed by atoms with E-state index in [-0.39, 0.29) is 11.5 Å². The van der Waals surface area contributed by atoms with E-state index in [0.717, 1.165) is 16.7 Å². The molecule has 0 bridgehead atoms. The number of aryl methyl sites for hydroxylation is 1. The van der Waals surface area contributed by atoms with Crippen molar-refractivity contribution in [3.05, 3.63) is 99.4 Å². The first-order valence-corrected chi connectivity index (χ1v) is 10.0. The summed E-state index contributed by atoms with van der Waals surface area (Å²) >= 11 is 1.24. The molecule has 0 unspecified atom stereocenters.